The van der Waals surface area contributed by atoms with E-state index >= 15 is 0 Å². The molecular formula is C21H24N2S. The first kappa shape index (κ1) is 16.9. The van der Waals surface area contributed by atoms with Crippen molar-refractivity contribution in [3.8, 4) is 6.07 Å². The van der Waals surface area contributed by atoms with E-state index in [9.17, 15) is 5.26 Å². The molecule has 0 N–H and O–H groups in total. The van der Waals surface area contributed by atoms with Crippen molar-refractivity contribution in [2.45, 2.75) is 58.3 Å². The number of thiophene rings is 1. The van der Waals surface area contributed by atoms with E-state index in [0.717, 1.165) is 29.0 Å². The molecule has 3 rings (SSSR count). The summed E-state index contributed by atoms with van der Waals surface area (Å²) in [5, 5.41) is 10.4. The number of nitrogens with zero attached hydrogens (tertiary/aromatic N) is 2. The Morgan fingerprint density at radius 1 is 1.17 bits per heavy atom. The van der Waals surface area contributed by atoms with Crippen molar-refractivity contribution < 1.29 is 0 Å². The van der Waals surface area contributed by atoms with Crippen LogP contribution in [0.25, 0.3) is 0 Å². The van der Waals surface area contributed by atoms with Crippen LogP contribution in [0.3, 0.4) is 0 Å². The van der Waals surface area contributed by atoms with Gasteiger partial charge in [0, 0.05) is 11.1 Å². The minimum Gasteiger partial charge on any atom is -0.244 e. The lowest BCUT2D eigenvalue weighted by molar-refractivity contribution is 0.642. The molecule has 24 heavy (non-hydrogen) atoms. The van der Waals surface area contributed by atoms with E-state index in [-0.39, 0.29) is 0 Å². The molecule has 1 aromatic carbocycles. The van der Waals surface area contributed by atoms with E-state index < -0.39 is 0 Å². The van der Waals surface area contributed by atoms with Crippen molar-refractivity contribution in [1.82, 2.24) is 0 Å². The van der Waals surface area contributed by atoms with Gasteiger partial charge in [-0.05, 0) is 61.1 Å². The summed E-state index contributed by atoms with van der Waals surface area (Å²) in [7, 11) is 0. The van der Waals surface area contributed by atoms with E-state index in [2.05, 4.69) is 49.2 Å². The zero-order chi connectivity index (χ0) is 16.9. The Bertz CT molecular complexity index is 758. The molecule has 0 radical (unpaired) electrons. The fourth-order valence-electron chi connectivity index (χ4n) is 3.51. The third-order valence-electron chi connectivity index (χ3n) is 4.99. The van der Waals surface area contributed by atoms with Crippen LogP contribution in [0.15, 0.2) is 29.3 Å². The lowest BCUT2D eigenvalue weighted by Gasteiger charge is -2.12. The van der Waals surface area contributed by atoms with Gasteiger partial charge in [-0.3, -0.25) is 0 Å². The maximum Gasteiger partial charge on any atom is 0.134 e. The molecule has 0 aliphatic heterocycles. The standard InChI is InChI=1S/C21H24N2S/c1-3-16(4-2)17-11-9-15(10-12-17)14-23-21-19(13-22)18-7-5-6-8-20(18)24-21/h9-12,14,16H,3-8H2,1-2H3/b23-14+. The second kappa shape index (κ2) is 7.77. The molecule has 0 amide bonds. The third-order valence-corrected chi connectivity index (χ3v) is 6.19. The second-order valence-electron chi connectivity index (χ2n) is 6.44. The Kier molecular flexibility index (Phi) is 5.48. The average Bonchev–Trinajstić information content (AvgIpc) is 2.99. The van der Waals surface area contributed by atoms with E-state index in [1.165, 1.54) is 41.7 Å². The third kappa shape index (κ3) is 3.44. The van der Waals surface area contributed by atoms with Crippen molar-refractivity contribution in [1.29, 1.82) is 5.26 Å². The summed E-state index contributed by atoms with van der Waals surface area (Å²) in [6.07, 6.45) is 8.82. The number of hydrogen-bond donors (Lipinski definition) is 0. The zero-order valence-corrected chi connectivity index (χ0v) is 15.3. The van der Waals surface area contributed by atoms with Gasteiger partial charge in [-0.1, -0.05) is 38.1 Å². The Morgan fingerprint density at radius 3 is 2.54 bits per heavy atom. The maximum absolute atomic E-state index is 9.50. The molecule has 0 saturated carbocycles. The summed E-state index contributed by atoms with van der Waals surface area (Å²) in [6.45, 7) is 4.48. The van der Waals surface area contributed by atoms with Gasteiger partial charge in [0.15, 0.2) is 0 Å². The van der Waals surface area contributed by atoms with E-state index in [4.69, 9.17) is 0 Å². The summed E-state index contributed by atoms with van der Waals surface area (Å²) in [4.78, 5) is 6.01. The largest absolute Gasteiger partial charge is 0.244 e. The fraction of sp³-hybridized carbons (Fsp3) is 0.429. The molecular weight excluding hydrogens is 312 g/mol. The van der Waals surface area contributed by atoms with Crippen LogP contribution in [0.5, 0.6) is 0 Å². The van der Waals surface area contributed by atoms with Gasteiger partial charge >= 0.3 is 0 Å². The van der Waals surface area contributed by atoms with Crippen LogP contribution >= 0.6 is 11.3 Å². The predicted octanol–water partition coefficient (Wildman–Crippen LogP) is 6.15. The highest BCUT2D eigenvalue weighted by Crippen LogP contribution is 2.39. The summed E-state index contributed by atoms with van der Waals surface area (Å²) in [6, 6.07) is 11.1. The quantitative estimate of drug-likeness (QED) is 0.603. The molecule has 1 aliphatic rings. The number of rotatable bonds is 5. The van der Waals surface area contributed by atoms with Gasteiger partial charge in [0.1, 0.15) is 11.1 Å². The van der Waals surface area contributed by atoms with Crippen molar-refractivity contribution in [3.05, 3.63) is 51.4 Å². The van der Waals surface area contributed by atoms with Gasteiger partial charge in [0.05, 0.1) is 5.56 Å². The number of nitriles is 1. The molecule has 0 unspecified atom stereocenters. The van der Waals surface area contributed by atoms with Crippen molar-refractivity contribution in [2.24, 2.45) is 4.99 Å². The number of fused-ring (bicyclic) bond motifs is 1. The summed E-state index contributed by atoms with van der Waals surface area (Å²) >= 11 is 1.70. The molecule has 3 heteroatoms. The number of aryl methyl sites for hydroxylation is 1. The normalized spacial score (nSPS) is 14.1. The minimum atomic E-state index is 0.644. The minimum absolute atomic E-state index is 0.644. The summed E-state index contributed by atoms with van der Waals surface area (Å²) < 4.78 is 0. The van der Waals surface area contributed by atoms with Gasteiger partial charge in [0.2, 0.25) is 0 Å². The Morgan fingerprint density at radius 2 is 1.88 bits per heavy atom. The van der Waals surface area contributed by atoms with Gasteiger partial charge < -0.3 is 0 Å². The molecule has 0 saturated heterocycles. The highest BCUT2D eigenvalue weighted by molar-refractivity contribution is 7.16. The molecule has 0 spiro atoms. The van der Waals surface area contributed by atoms with Crippen LogP contribution in [0.2, 0.25) is 0 Å². The molecule has 1 heterocycles. The van der Waals surface area contributed by atoms with Crippen molar-refractivity contribution in [3.63, 3.8) is 0 Å². The van der Waals surface area contributed by atoms with Crippen LogP contribution in [0.1, 0.15) is 72.6 Å². The van der Waals surface area contributed by atoms with E-state index in [0.29, 0.717) is 5.92 Å². The van der Waals surface area contributed by atoms with Gasteiger partial charge in [0.25, 0.3) is 0 Å². The first-order valence-corrected chi connectivity index (χ1v) is 9.77. The molecule has 0 bridgehead atoms. The molecule has 0 atom stereocenters. The SMILES string of the molecule is CCC(CC)c1ccc(/C=N/c2sc3c(c2C#N)CCCC3)cc1. The molecule has 1 aromatic heterocycles. The van der Waals surface area contributed by atoms with E-state index in [1.54, 1.807) is 11.3 Å². The zero-order valence-electron chi connectivity index (χ0n) is 14.5. The van der Waals surface area contributed by atoms with Crippen molar-refractivity contribution in [2.75, 3.05) is 0 Å². The number of benzene rings is 1. The smallest absolute Gasteiger partial charge is 0.134 e. The average molecular weight is 337 g/mol. The number of hydrogen-bond acceptors (Lipinski definition) is 3. The summed E-state index contributed by atoms with van der Waals surface area (Å²) in [5.41, 5.74) is 4.56. The lowest BCUT2D eigenvalue weighted by atomic mass is 9.93. The maximum atomic E-state index is 9.50. The molecule has 1 aliphatic carbocycles. The van der Waals surface area contributed by atoms with Crippen LogP contribution < -0.4 is 0 Å². The molecule has 124 valence electrons. The highest BCUT2D eigenvalue weighted by atomic mass is 32.1. The van der Waals surface area contributed by atoms with Crippen molar-refractivity contribution >= 4 is 22.6 Å². The van der Waals surface area contributed by atoms with Crippen LogP contribution in [-0.2, 0) is 12.8 Å². The Hall–Kier alpha value is -1.92. The van der Waals surface area contributed by atoms with E-state index in [1.807, 2.05) is 6.21 Å². The molecule has 2 aromatic rings. The second-order valence-corrected chi connectivity index (χ2v) is 7.52. The fourth-order valence-corrected chi connectivity index (χ4v) is 4.69. The number of aliphatic imine (C=N–C) groups is 1. The lowest BCUT2D eigenvalue weighted by Crippen LogP contribution is -1.99. The molecule has 2 nitrogen and oxygen atoms in total. The van der Waals surface area contributed by atoms with Gasteiger partial charge in [-0.15, -0.1) is 11.3 Å². The molecule has 0 fully saturated rings. The predicted molar refractivity (Wildman–Crippen MR) is 103 cm³/mol. The van der Waals surface area contributed by atoms with Crippen LogP contribution in [0.4, 0.5) is 5.00 Å². The van der Waals surface area contributed by atoms with Crippen LogP contribution in [0, 0.1) is 11.3 Å². The topological polar surface area (TPSA) is 36.1 Å². The summed E-state index contributed by atoms with van der Waals surface area (Å²) in [5.74, 6) is 0.644. The first-order valence-electron chi connectivity index (χ1n) is 8.95. The first-order chi connectivity index (χ1) is 11.8. The van der Waals surface area contributed by atoms with Gasteiger partial charge in [-0.2, -0.15) is 5.26 Å². The monoisotopic (exact) mass is 336 g/mol. The van der Waals surface area contributed by atoms with Gasteiger partial charge in [-0.25, -0.2) is 4.99 Å². The van der Waals surface area contributed by atoms with Crippen LogP contribution in [-0.4, -0.2) is 6.21 Å². The Labute approximate surface area is 148 Å². The highest BCUT2D eigenvalue weighted by Gasteiger charge is 2.20. The Balaban J connectivity index is 1.81.